The van der Waals surface area contributed by atoms with E-state index in [1.807, 2.05) is 24.3 Å². The van der Waals surface area contributed by atoms with Crippen LogP contribution in [0.2, 0.25) is 0 Å². The second kappa shape index (κ2) is 5.97. The van der Waals surface area contributed by atoms with Gasteiger partial charge in [0.2, 0.25) is 0 Å². The first-order chi connectivity index (χ1) is 8.69. The zero-order valence-electron chi connectivity index (χ0n) is 10.0. The Morgan fingerprint density at radius 3 is 2.67 bits per heavy atom. The Morgan fingerprint density at radius 2 is 2.11 bits per heavy atom. The van der Waals surface area contributed by atoms with Gasteiger partial charge in [0.05, 0.1) is 0 Å². The van der Waals surface area contributed by atoms with Gasteiger partial charge in [0.25, 0.3) is 0 Å². The summed E-state index contributed by atoms with van der Waals surface area (Å²) in [6, 6.07) is 7.72. The predicted molar refractivity (Wildman–Crippen MR) is 76.3 cm³/mol. The smallest absolute Gasteiger partial charge is 0.170 e. The van der Waals surface area contributed by atoms with Crippen LogP contribution >= 0.6 is 23.3 Å². The summed E-state index contributed by atoms with van der Waals surface area (Å²) >= 11 is 3.13. The number of nitrogens with two attached hydrogens (primary N) is 1. The van der Waals surface area contributed by atoms with Crippen LogP contribution in [-0.4, -0.2) is 15.2 Å². The van der Waals surface area contributed by atoms with Crippen LogP contribution in [0.25, 0.3) is 0 Å². The van der Waals surface area contributed by atoms with Crippen molar-refractivity contribution in [3.8, 4) is 0 Å². The molecule has 4 nitrogen and oxygen atoms in total. The van der Waals surface area contributed by atoms with Crippen molar-refractivity contribution in [2.24, 2.45) is 5.73 Å². The first-order valence-electron chi connectivity index (χ1n) is 5.57. The van der Waals surface area contributed by atoms with Crippen molar-refractivity contribution in [3.63, 3.8) is 0 Å². The lowest BCUT2D eigenvalue weighted by molar-refractivity contribution is 0.971. The van der Waals surface area contributed by atoms with Gasteiger partial charge in [-0.25, -0.2) is 4.98 Å². The van der Waals surface area contributed by atoms with E-state index in [0.29, 0.717) is 0 Å². The maximum Gasteiger partial charge on any atom is 0.170 e. The van der Waals surface area contributed by atoms with Crippen LogP contribution in [-0.2, 0) is 12.2 Å². The van der Waals surface area contributed by atoms with Gasteiger partial charge < -0.3 is 5.73 Å². The minimum Gasteiger partial charge on any atom is -0.384 e. The number of aromatic nitrogens is 2. The molecule has 0 saturated heterocycles. The SMILES string of the molecule is CCc1nsc(SCc2ccc(C(=N)N)cc2)n1. The van der Waals surface area contributed by atoms with E-state index in [0.717, 1.165) is 27.9 Å². The Balaban J connectivity index is 1.95. The van der Waals surface area contributed by atoms with Crippen molar-refractivity contribution in [1.82, 2.24) is 9.36 Å². The molecule has 1 aromatic heterocycles. The minimum atomic E-state index is 0.103. The minimum absolute atomic E-state index is 0.103. The molecule has 2 aromatic rings. The van der Waals surface area contributed by atoms with Crippen LogP contribution in [0.5, 0.6) is 0 Å². The van der Waals surface area contributed by atoms with Crippen LogP contribution < -0.4 is 5.73 Å². The van der Waals surface area contributed by atoms with E-state index in [2.05, 4.69) is 16.3 Å². The maximum absolute atomic E-state index is 7.32. The average molecular weight is 278 g/mol. The highest BCUT2D eigenvalue weighted by molar-refractivity contribution is 8.00. The number of nitrogen functional groups attached to an aromatic ring is 1. The number of rotatable bonds is 5. The quantitative estimate of drug-likeness (QED) is 0.501. The third kappa shape index (κ3) is 3.30. The van der Waals surface area contributed by atoms with E-state index in [-0.39, 0.29) is 5.84 Å². The first kappa shape index (κ1) is 13.0. The van der Waals surface area contributed by atoms with Gasteiger partial charge in [0.1, 0.15) is 11.7 Å². The lowest BCUT2D eigenvalue weighted by Gasteiger charge is -2.01. The van der Waals surface area contributed by atoms with Crippen molar-refractivity contribution < 1.29 is 0 Å². The van der Waals surface area contributed by atoms with Crippen molar-refractivity contribution in [2.75, 3.05) is 0 Å². The van der Waals surface area contributed by atoms with Crippen molar-refractivity contribution >= 4 is 29.1 Å². The highest BCUT2D eigenvalue weighted by Crippen LogP contribution is 2.24. The molecule has 6 heteroatoms. The van der Waals surface area contributed by atoms with Gasteiger partial charge in [-0.1, -0.05) is 43.0 Å². The molecule has 94 valence electrons. The van der Waals surface area contributed by atoms with Crippen LogP contribution in [0, 0.1) is 5.41 Å². The zero-order valence-corrected chi connectivity index (χ0v) is 11.6. The number of thioether (sulfide) groups is 1. The number of benzene rings is 1. The van der Waals surface area contributed by atoms with Crippen LogP contribution in [0.3, 0.4) is 0 Å². The summed E-state index contributed by atoms with van der Waals surface area (Å²) in [4.78, 5) is 4.41. The molecule has 0 fully saturated rings. The summed E-state index contributed by atoms with van der Waals surface area (Å²) in [5.74, 6) is 1.87. The maximum atomic E-state index is 7.32. The molecule has 3 N–H and O–H groups in total. The van der Waals surface area contributed by atoms with Crippen LogP contribution in [0.15, 0.2) is 28.6 Å². The Bertz CT molecular complexity index is 533. The lowest BCUT2D eigenvalue weighted by atomic mass is 10.1. The molecule has 0 aliphatic heterocycles. The van der Waals surface area contributed by atoms with Gasteiger partial charge in [-0.3, -0.25) is 5.41 Å². The van der Waals surface area contributed by atoms with E-state index >= 15 is 0 Å². The van der Waals surface area contributed by atoms with Gasteiger partial charge in [0, 0.05) is 17.7 Å². The Labute approximate surface area is 114 Å². The molecule has 0 aliphatic carbocycles. The van der Waals surface area contributed by atoms with E-state index in [1.54, 1.807) is 11.8 Å². The number of nitrogens with zero attached hydrogens (tertiary/aromatic N) is 2. The molecule has 0 atom stereocenters. The number of amidine groups is 1. The van der Waals surface area contributed by atoms with Gasteiger partial charge >= 0.3 is 0 Å². The Morgan fingerprint density at radius 1 is 1.39 bits per heavy atom. The van der Waals surface area contributed by atoms with Crippen molar-refractivity contribution in [1.29, 1.82) is 5.41 Å². The van der Waals surface area contributed by atoms with Gasteiger partial charge in [-0.05, 0) is 17.1 Å². The molecule has 2 rings (SSSR count). The molecule has 1 heterocycles. The summed E-state index contributed by atoms with van der Waals surface area (Å²) < 4.78 is 5.25. The molecule has 0 saturated carbocycles. The Kier molecular flexibility index (Phi) is 4.33. The fraction of sp³-hybridized carbons (Fsp3) is 0.250. The van der Waals surface area contributed by atoms with E-state index in [9.17, 15) is 0 Å². The molecular weight excluding hydrogens is 264 g/mol. The van der Waals surface area contributed by atoms with Gasteiger partial charge in [-0.2, -0.15) is 4.37 Å². The molecular formula is C12H14N4S2. The largest absolute Gasteiger partial charge is 0.384 e. The van der Waals surface area contributed by atoms with Crippen LogP contribution in [0.1, 0.15) is 23.9 Å². The lowest BCUT2D eigenvalue weighted by Crippen LogP contribution is -2.10. The number of hydrogen-bond acceptors (Lipinski definition) is 5. The normalized spacial score (nSPS) is 10.5. The van der Waals surface area contributed by atoms with Gasteiger partial charge in [0.15, 0.2) is 4.34 Å². The number of nitrogens with one attached hydrogen (secondary N) is 1. The fourth-order valence-corrected chi connectivity index (χ4v) is 3.02. The predicted octanol–water partition coefficient (Wildman–Crippen LogP) is 2.68. The monoisotopic (exact) mass is 278 g/mol. The summed E-state index contributed by atoms with van der Waals surface area (Å²) in [5.41, 5.74) is 7.36. The topological polar surface area (TPSA) is 75.7 Å². The van der Waals surface area contributed by atoms with Crippen molar-refractivity contribution in [2.45, 2.75) is 23.4 Å². The van der Waals surface area contributed by atoms with Gasteiger partial charge in [-0.15, -0.1) is 0 Å². The van der Waals surface area contributed by atoms with E-state index < -0.39 is 0 Å². The van der Waals surface area contributed by atoms with E-state index in [4.69, 9.17) is 11.1 Å². The number of hydrogen-bond donors (Lipinski definition) is 2. The molecule has 0 bridgehead atoms. The molecule has 0 unspecified atom stereocenters. The average Bonchev–Trinajstić information content (AvgIpc) is 2.85. The number of aryl methyl sites for hydroxylation is 1. The zero-order chi connectivity index (χ0) is 13.0. The van der Waals surface area contributed by atoms with E-state index in [1.165, 1.54) is 17.1 Å². The summed E-state index contributed by atoms with van der Waals surface area (Å²) in [7, 11) is 0. The molecule has 0 aliphatic rings. The van der Waals surface area contributed by atoms with Crippen molar-refractivity contribution in [3.05, 3.63) is 41.2 Å². The third-order valence-electron chi connectivity index (χ3n) is 2.39. The second-order valence-electron chi connectivity index (χ2n) is 3.73. The van der Waals surface area contributed by atoms with Crippen LogP contribution in [0.4, 0.5) is 0 Å². The third-order valence-corrected chi connectivity index (χ3v) is 4.34. The standard InChI is InChI=1S/C12H14N4S2/c1-2-10-15-12(18-16-10)17-7-8-3-5-9(6-4-8)11(13)14/h3-6H,2,7H2,1H3,(H3,13,14). The molecule has 1 aromatic carbocycles. The summed E-state index contributed by atoms with van der Waals surface area (Å²) in [5, 5.41) is 7.32. The second-order valence-corrected chi connectivity index (χ2v) is 5.70. The molecule has 0 amide bonds. The molecule has 0 radical (unpaired) electrons. The summed E-state index contributed by atoms with van der Waals surface area (Å²) in [6.07, 6.45) is 0.879. The fourth-order valence-electron chi connectivity index (χ4n) is 1.37. The Hall–Kier alpha value is -1.40. The first-order valence-corrected chi connectivity index (χ1v) is 7.33. The highest BCUT2D eigenvalue weighted by atomic mass is 32.2. The molecule has 0 spiro atoms. The summed E-state index contributed by atoms with van der Waals surface area (Å²) in [6.45, 7) is 2.05. The highest BCUT2D eigenvalue weighted by Gasteiger charge is 2.04. The molecule has 18 heavy (non-hydrogen) atoms.